The smallest absolute Gasteiger partial charge is 0.328 e. The molecule has 0 saturated heterocycles. The van der Waals surface area contributed by atoms with E-state index in [9.17, 15) is 39.3 Å². The molecule has 1 spiro atoms. The maximum Gasteiger partial charge on any atom is 0.328 e. The number of hydrogen-bond acceptors (Lipinski definition) is 10. The number of aromatic nitrogens is 2. The van der Waals surface area contributed by atoms with Crippen molar-refractivity contribution in [3.8, 4) is 23.0 Å². The summed E-state index contributed by atoms with van der Waals surface area (Å²) < 4.78 is 13.2. The molecule has 3 heterocycles. The molecule has 14 nitrogen and oxygen atoms in total. The van der Waals surface area contributed by atoms with Gasteiger partial charge in [0.25, 0.3) is 11.5 Å². The van der Waals surface area contributed by atoms with Gasteiger partial charge in [0.05, 0.1) is 6.54 Å². The molecule has 0 saturated carbocycles. The second kappa shape index (κ2) is 11.6. The molecule has 1 atom stereocenters. The fraction of sp³-hybridized carbons (Fsp3) is 0.219. The molecule has 1 aromatic heterocycles. The number of aromatic amines is 1. The van der Waals surface area contributed by atoms with Crippen LogP contribution in [0.1, 0.15) is 44.5 Å². The Morgan fingerprint density at radius 1 is 1.02 bits per heavy atom. The Balaban J connectivity index is 1.25. The number of aliphatic hydroxyl groups excluding tert-OH is 1. The van der Waals surface area contributed by atoms with Crippen molar-refractivity contribution in [1.29, 1.82) is 0 Å². The summed E-state index contributed by atoms with van der Waals surface area (Å²) in [7, 11) is 0. The van der Waals surface area contributed by atoms with E-state index >= 15 is 0 Å². The predicted octanol–water partition coefficient (Wildman–Crippen LogP) is 1.13. The van der Waals surface area contributed by atoms with E-state index in [0.29, 0.717) is 28.5 Å². The van der Waals surface area contributed by atoms with E-state index < -0.39 is 41.5 Å². The van der Waals surface area contributed by atoms with Crippen molar-refractivity contribution in [3.63, 3.8) is 0 Å². The third-order valence-corrected chi connectivity index (χ3v) is 7.97. The first-order valence-electron chi connectivity index (χ1n) is 14.2. The highest BCUT2D eigenvalue weighted by Crippen LogP contribution is 2.59. The lowest BCUT2D eigenvalue weighted by molar-refractivity contribution is -0.142. The van der Waals surface area contributed by atoms with Gasteiger partial charge in [-0.1, -0.05) is 6.07 Å². The summed E-state index contributed by atoms with van der Waals surface area (Å²) in [4.78, 5) is 64.5. The molecular formula is C32H28N4O10. The maximum atomic E-state index is 13.3. The lowest BCUT2D eigenvalue weighted by Crippen LogP contribution is -2.43. The van der Waals surface area contributed by atoms with Crippen LogP contribution in [0.4, 0.5) is 0 Å². The number of aldehydes is 1. The highest BCUT2D eigenvalue weighted by molar-refractivity contribution is 5.95. The normalized spacial score (nSPS) is 15.3. The number of phenols is 2. The van der Waals surface area contributed by atoms with Crippen molar-refractivity contribution in [2.24, 2.45) is 0 Å². The van der Waals surface area contributed by atoms with Crippen LogP contribution in [0.3, 0.4) is 0 Å². The third-order valence-electron chi connectivity index (χ3n) is 7.97. The van der Waals surface area contributed by atoms with Crippen molar-refractivity contribution in [3.05, 3.63) is 115 Å². The van der Waals surface area contributed by atoms with Gasteiger partial charge in [0, 0.05) is 64.8 Å². The molecule has 2 aliphatic heterocycles. The standard InChI is InChI=1S/C32H28N4O10/c1-17-15-36(31(44)34-28(17)41)16-27(40)35(10-11-37)9-8-33-29(42)18-2-5-21-24(12-18)32(46-30(21)43)22-6-3-19(38)13-25(22)45-26-14-20(39)4-7-23(26)32/h2-7,11-15,30,38-39,43H,8-10,16H2,1H3,(H,33,42)(H,34,41,44). The fourth-order valence-corrected chi connectivity index (χ4v) is 5.76. The molecule has 46 heavy (non-hydrogen) atoms. The Morgan fingerprint density at radius 2 is 1.70 bits per heavy atom. The Kier molecular flexibility index (Phi) is 7.67. The molecule has 236 valence electrons. The quantitative estimate of drug-likeness (QED) is 0.176. The summed E-state index contributed by atoms with van der Waals surface area (Å²) in [5.74, 6) is -0.789. The first-order chi connectivity index (χ1) is 22.0. The van der Waals surface area contributed by atoms with Gasteiger partial charge in [0.1, 0.15) is 35.8 Å². The van der Waals surface area contributed by atoms with Crippen LogP contribution in [-0.2, 0) is 26.5 Å². The molecule has 0 radical (unpaired) electrons. The number of aryl methyl sites for hydroxylation is 1. The number of H-pyrrole nitrogens is 1. The number of ether oxygens (including phenoxy) is 2. The summed E-state index contributed by atoms with van der Waals surface area (Å²) in [5.41, 5.74) is -0.607. The number of amides is 2. The van der Waals surface area contributed by atoms with Gasteiger partial charge >= 0.3 is 5.69 Å². The summed E-state index contributed by atoms with van der Waals surface area (Å²) in [5, 5.41) is 34.0. The summed E-state index contributed by atoms with van der Waals surface area (Å²) in [6.07, 6.45) is 0.395. The number of fused-ring (bicyclic) bond motifs is 6. The summed E-state index contributed by atoms with van der Waals surface area (Å²) in [6.45, 7) is 0.685. The molecule has 1 unspecified atom stereocenters. The second-order valence-electron chi connectivity index (χ2n) is 10.9. The van der Waals surface area contributed by atoms with Crippen LogP contribution in [-0.4, -0.2) is 67.5 Å². The van der Waals surface area contributed by atoms with Crippen LogP contribution in [0.5, 0.6) is 23.0 Å². The molecule has 2 amide bonds. The zero-order valence-corrected chi connectivity index (χ0v) is 24.4. The Hall–Kier alpha value is -5.73. The Labute approximate surface area is 260 Å². The maximum absolute atomic E-state index is 13.3. The SMILES string of the molecule is Cc1cn(CC(=O)N(CC=O)CCNC(=O)c2ccc3c(c2)C2(OC3O)c3ccc(O)cc3Oc3cc(O)ccc32)c(=O)[nH]c1=O. The molecule has 0 aliphatic carbocycles. The number of aliphatic hydroxyl groups is 1. The van der Waals surface area contributed by atoms with Gasteiger partial charge in [0.2, 0.25) is 5.91 Å². The topological polar surface area (TPSA) is 200 Å². The largest absolute Gasteiger partial charge is 0.508 e. The van der Waals surface area contributed by atoms with E-state index in [4.69, 9.17) is 9.47 Å². The first kappa shape index (κ1) is 30.3. The number of rotatable bonds is 8. The average molecular weight is 629 g/mol. The van der Waals surface area contributed by atoms with E-state index in [1.54, 1.807) is 24.3 Å². The molecule has 4 aromatic rings. The minimum absolute atomic E-state index is 0.0443. The lowest BCUT2D eigenvalue weighted by atomic mass is 9.77. The van der Waals surface area contributed by atoms with Gasteiger partial charge < -0.3 is 39.8 Å². The van der Waals surface area contributed by atoms with Crippen molar-refractivity contribution in [1.82, 2.24) is 19.8 Å². The molecule has 0 bridgehead atoms. The number of carbonyl (C=O) groups is 3. The zero-order valence-electron chi connectivity index (χ0n) is 24.4. The lowest BCUT2D eigenvalue weighted by Gasteiger charge is -2.37. The van der Waals surface area contributed by atoms with Crippen molar-refractivity contribution in [2.75, 3.05) is 19.6 Å². The highest BCUT2D eigenvalue weighted by Gasteiger charge is 2.52. The van der Waals surface area contributed by atoms with Crippen LogP contribution in [0.2, 0.25) is 0 Å². The minimum atomic E-state index is -1.46. The zero-order chi connectivity index (χ0) is 32.7. The average Bonchev–Trinajstić information content (AvgIpc) is 3.30. The van der Waals surface area contributed by atoms with Crippen LogP contribution >= 0.6 is 0 Å². The number of nitrogens with one attached hydrogen (secondary N) is 2. The number of phenolic OH excluding ortho intramolecular Hbond substituents is 2. The van der Waals surface area contributed by atoms with Crippen LogP contribution < -0.4 is 21.3 Å². The van der Waals surface area contributed by atoms with Crippen LogP contribution in [0.15, 0.2) is 70.4 Å². The molecule has 3 aromatic carbocycles. The van der Waals surface area contributed by atoms with E-state index in [0.717, 1.165) is 4.57 Å². The molecule has 0 fully saturated rings. The van der Waals surface area contributed by atoms with E-state index in [1.165, 1.54) is 48.4 Å². The molecule has 6 rings (SSSR count). The third kappa shape index (κ3) is 5.18. The monoisotopic (exact) mass is 628 g/mol. The Bertz CT molecular complexity index is 1970. The second-order valence-corrected chi connectivity index (χ2v) is 10.9. The molecule has 14 heteroatoms. The highest BCUT2D eigenvalue weighted by atomic mass is 16.6. The minimum Gasteiger partial charge on any atom is -0.508 e. The summed E-state index contributed by atoms with van der Waals surface area (Å²) in [6, 6.07) is 13.5. The van der Waals surface area contributed by atoms with E-state index in [1.807, 2.05) is 0 Å². The summed E-state index contributed by atoms with van der Waals surface area (Å²) >= 11 is 0. The fourth-order valence-electron chi connectivity index (χ4n) is 5.76. The van der Waals surface area contributed by atoms with Gasteiger partial charge in [-0.25, -0.2) is 4.79 Å². The van der Waals surface area contributed by atoms with Gasteiger partial charge in [-0.3, -0.25) is 23.9 Å². The molecule has 5 N–H and O–H groups in total. The van der Waals surface area contributed by atoms with Gasteiger partial charge in [0.15, 0.2) is 11.9 Å². The van der Waals surface area contributed by atoms with Crippen LogP contribution in [0, 0.1) is 6.92 Å². The van der Waals surface area contributed by atoms with Crippen molar-refractivity contribution >= 4 is 18.1 Å². The van der Waals surface area contributed by atoms with Gasteiger partial charge in [-0.05, 0) is 43.3 Å². The van der Waals surface area contributed by atoms with Crippen molar-refractivity contribution < 1.29 is 39.2 Å². The first-order valence-corrected chi connectivity index (χ1v) is 14.2. The predicted molar refractivity (Wildman–Crippen MR) is 160 cm³/mol. The molecule has 2 aliphatic rings. The van der Waals surface area contributed by atoms with E-state index in [-0.39, 0.29) is 53.8 Å². The van der Waals surface area contributed by atoms with Crippen LogP contribution in [0.25, 0.3) is 0 Å². The number of benzene rings is 3. The number of nitrogens with zero attached hydrogens (tertiary/aromatic N) is 2. The van der Waals surface area contributed by atoms with Gasteiger partial charge in [-0.15, -0.1) is 0 Å². The number of carbonyl (C=O) groups excluding carboxylic acids is 3. The van der Waals surface area contributed by atoms with Gasteiger partial charge in [-0.2, -0.15) is 0 Å². The number of aromatic hydroxyl groups is 2. The number of hydrogen-bond donors (Lipinski definition) is 5. The van der Waals surface area contributed by atoms with E-state index in [2.05, 4.69) is 10.3 Å². The van der Waals surface area contributed by atoms with Crippen molar-refractivity contribution in [2.45, 2.75) is 25.4 Å². The molecular weight excluding hydrogens is 600 g/mol. The Morgan fingerprint density at radius 3 is 2.35 bits per heavy atom.